The van der Waals surface area contributed by atoms with Gasteiger partial charge < -0.3 is 15.4 Å². The van der Waals surface area contributed by atoms with Gasteiger partial charge in [-0.1, -0.05) is 48.5 Å². The smallest absolute Gasteiger partial charge is 0.238 e. The second kappa shape index (κ2) is 10.9. The number of hydrogen-bond donors (Lipinski definition) is 2. The highest BCUT2D eigenvalue weighted by molar-refractivity contribution is 5.94. The van der Waals surface area contributed by atoms with Crippen molar-refractivity contribution in [1.82, 2.24) is 10.2 Å². The number of halogens is 1. The van der Waals surface area contributed by atoms with Crippen molar-refractivity contribution in [2.75, 3.05) is 25.5 Å². The molecule has 3 aromatic carbocycles. The summed E-state index contributed by atoms with van der Waals surface area (Å²) in [5.74, 6) is -0.0414. The first-order valence-corrected chi connectivity index (χ1v) is 11.3. The molecular formula is C27H28FN3O3. The summed E-state index contributed by atoms with van der Waals surface area (Å²) in [5, 5.41) is 5.88. The van der Waals surface area contributed by atoms with Gasteiger partial charge in [0.15, 0.2) is 0 Å². The molecule has 176 valence electrons. The molecule has 1 aliphatic heterocycles. The lowest BCUT2D eigenvalue weighted by Crippen LogP contribution is -2.52. The van der Waals surface area contributed by atoms with Crippen molar-refractivity contribution in [2.24, 2.45) is 0 Å². The lowest BCUT2D eigenvalue weighted by atomic mass is 9.93. The third-order valence-corrected chi connectivity index (χ3v) is 6.00. The van der Waals surface area contributed by atoms with Crippen molar-refractivity contribution >= 4 is 17.5 Å². The molecular weight excluding hydrogens is 433 g/mol. The number of nitrogens with one attached hydrogen (secondary N) is 2. The lowest BCUT2D eigenvalue weighted by molar-refractivity contribution is -0.128. The zero-order valence-corrected chi connectivity index (χ0v) is 19.1. The molecule has 2 amide bonds. The quantitative estimate of drug-likeness (QED) is 0.538. The topological polar surface area (TPSA) is 70.7 Å². The number of ether oxygens (including phenoxy) is 1. The van der Waals surface area contributed by atoms with Crippen LogP contribution in [0.4, 0.5) is 10.1 Å². The highest BCUT2D eigenvalue weighted by Gasteiger charge is 2.32. The molecule has 4 rings (SSSR count). The molecule has 1 heterocycles. The molecule has 0 spiro atoms. The van der Waals surface area contributed by atoms with Gasteiger partial charge in [-0.2, -0.15) is 0 Å². The Morgan fingerprint density at radius 2 is 1.71 bits per heavy atom. The van der Waals surface area contributed by atoms with Crippen molar-refractivity contribution in [1.29, 1.82) is 0 Å². The molecule has 0 bridgehead atoms. The van der Waals surface area contributed by atoms with E-state index in [1.54, 1.807) is 31.4 Å². The molecule has 7 heteroatoms. The van der Waals surface area contributed by atoms with Gasteiger partial charge in [-0.25, -0.2) is 4.39 Å². The molecule has 1 atom stereocenters. The highest BCUT2D eigenvalue weighted by atomic mass is 19.1. The molecule has 34 heavy (non-hydrogen) atoms. The maximum absolute atomic E-state index is 13.1. The third kappa shape index (κ3) is 5.80. The zero-order valence-electron chi connectivity index (χ0n) is 19.1. The minimum atomic E-state index is -0.466. The Labute approximate surface area is 198 Å². The first-order chi connectivity index (χ1) is 16.5. The summed E-state index contributed by atoms with van der Waals surface area (Å²) >= 11 is 0. The number of hydrogen-bond acceptors (Lipinski definition) is 4. The van der Waals surface area contributed by atoms with E-state index >= 15 is 0 Å². The van der Waals surface area contributed by atoms with E-state index in [0.717, 1.165) is 16.7 Å². The summed E-state index contributed by atoms with van der Waals surface area (Å²) in [5.41, 5.74) is 3.77. The first-order valence-electron chi connectivity index (χ1n) is 11.3. The van der Waals surface area contributed by atoms with E-state index in [1.165, 1.54) is 12.1 Å². The largest absolute Gasteiger partial charge is 0.495 e. The Bertz CT molecular complexity index is 1150. The number of benzene rings is 3. The van der Waals surface area contributed by atoms with Crippen LogP contribution in [0.5, 0.6) is 5.75 Å². The third-order valence-electron chi connectivity index (χ3n) is 6.00. The van der Waals surface area contributed by atoms with E-state index in [1.807, 2.05) is 41.3 Å². The predicted molar refractivity (Wildman–Crippen MR) is 129 cm³/mol. The minimum Gasteiger partial charge on any atom is -0.495 e. The number of fused-ring (bicyclic) bond motifs is 1. The number of methoxy groups -OCH3 is 1. The SMILES string of the molecule is COc1ccccc1NC(=O)CN1Cc2ccccc2CC1C(=O)NCCc1ccc(F)cc1. The molecule has 0 saturated carbocycles. The summed E-state index contributed by atoms with van der Waals surface area (Å²) < 4.78 is 18.4. The summed E-state index contributed by atoms with van der Waals surface area (Å²) in [7, 11) is 1.55. The van der Waals surface area contributed by atoms with E-state index in [2.05, 4.69) is 10.6 Å². The number of para-hydroxylation sites is 2. The maximum Gasteiger partial charge on any atom is 0.238 e. The molecule has 6 nitrogen and oxygen atoms in total. The van der Waals surface area contributed by atoms with Crippen LogP contribution in [-0.4, -0.2) is 43.0 Å². The number of carbonyl (C=O) groups is 2. The van der Waals surface area contributed by atoms with Gasteiger partial charge in [0.2, 0.25) is 11.8 Å². The van der Waals surface area contributed by atoms with Gasteiger partial charge in [0.05, 0.1) is 25.4 Å². The number of nitrogens with zero attached hydrogens (tertiary/aromatic N) is 1. The monoisotopic (exact) mass is 461 g/mol. The molecule has 0 aromatic heterocycles. The summed E-state index contributed by atoms with van der Waals surface area (Å²) in [6.45, 7) is 1.01. The average Bonchev–Trinajstić information content (AvgIpc) is 2.85. The lowest BCUT2D eigenvalue weighted by Gasteiger charge is -2.35. The number of rotatable bonds is 8. The Hall–Kier alpha value is -3.71. The van der Waals surface area contributed by atoms with E-state index in [-0.39, 0.29) is 24.2 Å². The summed E-state index contributed by atoms with van der Waals surface area (Å²) in [6, 6.07) is 21.0. The summed E-state index contributed by atoms with van der Waals surface area (Å²) in [4.78, 5) is 27.9. The van der Waals surface area contributed by atoms with Crippen LogP contribution in [0.2, 0.25) is 0 Å². The Morgan fingerprint density at radius 1 is 1.00 bits per heavy atom. The fourth-order valence-corrected chi connectivity index (χ4v) is 4.22. The average molecular weight is 462 g/mol. The van der Waals surface area contributed by atoms with Crippen LogP contribution in [0, 0.1) is 5.82 Å². The fraction of sp³-hybridized carbons (Fsp3) is 0.259. The van der Waals surface area contributed by atoms with Gasteiger partial charge in [0, 0.05) is 13.1 Å². The van der Waals surface area contributed by atoms with E-state index in [0.29, 0.717) is 37.4 Å². The predicted octanol–water partition coefficient (Wildman–Crippen LogP) is 3.56. The van der Waals surface area contributed by atoms with Crippen LogP contribution >= 0.6 is 0 Å². The van der Waals surface area contributed by atoms with Crippen molar-refractivity contribution in [3.63, 3.8) is 0 Å². The number of anilines is 1. The molecule has 0 fully saturated rings. The molecule has 3 aromatic rings. The van der Waals surface area contributed by atoms with Gasteiger partial charge in [-0.15, -0.1) is 0 Å². The van der Waals surface area contributed by atoms with Crippen molar-refractivity contribution in [2.45, 2.75) is 25.4 Å². The second-order valence-electron chi connectivity index (χ2n) is 8.31. The molecule has 0 aliphatic carbocycles. The van der Waals surface area contributed by atoms with Gasteiger partial charge in [-0.05, 0) is 53.8 Å². The molecule has 1 unspecified atom stereocenters. The van der Waals surface area contributed by atoms with E-state index < -0.39 is 6.04 Å². The van der Waals surface area contributed by atoms with Crippen molar-refractivity contribution in [3.05, 3.63) is 95.3 Å². The van der Waals surface area contributed by atoms with Gasteiger partial charge in [-0.3, -0.25) is 14.5 Å². The van der Waals surface area contributed by atoms with Gasteiger partial charge in [0.1, 0.15) is 11.6 Å². The Balaban J connectivity index is 1.43. The van der Waals surface area contributed by atoms with E-state index in [9.17, 15) is 14.0 Å². The molecule has 0 saturated heterocycles. The molecule has 0 radical (unpaired) electrons. The van der Waals surface area contributed by atoms with Crippen molar-refractivity contribution in [3.8, 4) is 5.75 Å². The normalized spacial score (nSPS) is 15.3. The zero-order chi connectivity index (χ0) is 23.9. The molecule has 2 N–H and O–H groups in total. The fourth-order valence-electron chi connectivity index (χ4n) is 4.22. The number of amides is 2. The van der Waals surface area contributed by atoms with E-state index in [4.69, 9.17) is 4.74 Å². The first kappa shape index (κ1) is 23.4. The van der Waals surface area contributed by atoms with Crippen LogP contribution in [0.1, 0.15) is 16.7 Å². The minimum absolute atomic E-state index is 0.0719. The van der Waals surface area contributed by atoms with Gasteiger partial charge in [0.25, 0.3) is 0 Å². The van der Waals surface area contributed by atoms with Crippen molar-refractivity contribution < 1.29 is 18.7 Å². The van der Waals surface area contributed by atoms with Crippen LogP contribution in [-0.2, 0) is 29.0 Å². The summed E-state index contributed by atoms with van der Waals surface area (Å²) in [6.07, 6.45) is 1.13. The second-order valence-corrected chi connectivity index (χ2v) is 8.31. The molecule has 1 aliphatic rings. The maximum atomic E-state index is 13.1. The van der Waals surface area contributed by atoms with Crippen LogP contribution in [0.3, 0.4) is 0 Å². The Kier molecular flexibility index (Phi) is 7.54. The van der Waals surface area contributed by atoms with Crippen LogP contribution in [0.25, 0.3) is 0 Å². The number of carbonyl (C=O) groups excluding carboxylic acids is 2. The van der Waals surface area contributed by atoms with Gasteiger partial charge >= 0.3 is 0 Å². The Morgan fingerprint density at radius 3 is 2.47 bits per heavy atom. The van der Waals surface area contributed by atoms with Crippen LogP contribution < -0.4 is 15.4 Å². The van der Waals surface area contributed by atoms with Crippen LogP contribution in [0.15, 0.2) is 72.8 Å². The standard InChI is InChI=1S/C27H28FN3O3/c1-34-25-9-5-4-8-23(25)30-26(32)18-31-17-21-7-3-2-6-20(21)16-24(31)27(33)29-15-14-19-10-12-22(28)13-11-19/h2-13,24H,14-18H2,1H3,(H,29,33)(H,30,32). The highest BCUT2D eigenvalue weighted by Crippen LogP contribution is 2.25.